The van der Waals surface area contributed by atoms with E-state index in [1.807, 2.05) is 18.2 Å². The number of benzene rings is 3. The van der Waals surface area contributed by atoms with E-state index in [0.29, 0.717) is 23.2 Å². The van der Waals surface area contributed by atoms with Crippen LogP contribution in [0.3, 0.4) is 0 Å². The molecule has 0 radical (unpaired) electrons. The van der Waals surface area contributed by atoms with Crippen LogP contribution in [0.15, 0.2) is 66.7 Å². The summed E-state index contributed by atoms with van der Waals surface area (Å²) in [4.78, 5) is 15.8. The number of carbonyl (C=O) groups excluding carboxylic acids is 1. The number of nitrogens with zero attached hydrogens (tertiary/aromatic N) is 2. The molecule has 2 saturated heterocycles. The van der Waals surface area contributed by atoms with Crippen LogP contribution in [-0.2, 0) is 0 Å². The number of halogens is 1. The van der Waals surface area contributed by atoms with Crippen molar-refractivity contribution in [2.24, 2.45) is 5.92 Å². The van der Waals surface area contributed by atoms with Crippen LogP contribution in [-0.4, -0.2) is 39.4 Å². The van der Waals surface area contributed by atoms with Crippen LogP contribution in [0.5, 0.6) is 0 Å². The minimum atomic E-state index is -0.332. The van der Waals surface area contributed by atoms with Crippen LogP contribution in [0.4, 0.5) is 10.1 Å². The lowest BCUT2D eigenvalue weighted by Crippen LogP contribution is -2.44. The number of rotatable bonds is 6. The Morgan fingerprint density at radius 2 is 1.74 bits per heavy atom. The molecule has 3 aromatic carbocycles. The Bertz CT molecular complexity index is 1480. The van der Waals surface area contributed by atoms with Gasteiger partial charge in [0.05, 0.1) is 23.4 Å². The Labute approximate surface area is 220 Å². The number of hydrogen-bond acceptors (Lipinski definition) is 4. The molecular formula is C31H31FN4O2. The second-order valence-corrected chi connectivity index (χ2v) is 11.1. The van der Waals surface area contributed by atoms with Gasteiger partial charge in [0.15, 0.2) is 0 Å². The van der Waals surface area contributed by atoms with Gasteiger partial charge in [-0.15, -0.1) is 0 Å². The highest BCUT2D eigenvalue weighted by molar-refractivity contribution is 6.01. The van der Waals surface area contributed by atoms with Gasteiger partial charge in [0.1, 0.15) is 5.82 Å². The number of amides is 1. The van der Waals surface area contributed by atoms with Crippen LogP contribution in [0.1, 0.15) is 60.5 Å². The maximum absolute atomic E-state index is 14.5. The minimum Gasteiger partial charge on any atom is -0.393 e. The molecule has 3 heterocycles. The molecule has 4 aromatic rings. The maximum atomic E-state index is 14.5. The molecular weight excluding hydrogens is 479 g/mol. The number of fused-ring (bicyclic) bond motifs is 3. The number of nitrogens with one attached hydrogen (secondary N) is 2. The van der Waals surface area contributed by atoms with E-state index >= 15 is 0 Å². The van der Waals surface area contributed by atoms with Gasteiger partial charge in [-0.2, -0.15) is 5.10 Å². The van der Waals surface area contributed by atoms with Crippen LogP contribution >= 0.6 is 0 Å². The van der Waals surface area contributed by atoms with E-state index in [0.717, 1.165) is 60.7 Å². The highest BCUT2D eigenvalue weighted by Gasteiger charge is 2.40. The molecule has 3 N–H and O–H groups in total. The standard InChI is InChI=1S/C31H31FN4O2/c32-27-4-2-1-3-25(27)29(18-5-6-18)33-31(38)20-9-14-28-26(15-20)30(35-34-28)19-7-10-21(11-8-19)36-22-12-13-23(36)17-24(37)16-22/h1-4,7-11,14-15,18,22-24,29,37H,5-6,12-13,16-17H2,(H,33,38)(H,34,35)/t22-,23+,24+,29-/m0/s1. The molecule has 6 nitrogen and oxygen atoms in total. The minimum absolute atomic E-state index is 0.184. The Morgan fingerprint density at radius 3 is 2.45 bits per heavy atom. The summed E-state index contributed by atoms with van der Waals surface area (Å²) in [6, 6.07) is 21.2. The SMILES string of the molecule is O=C(N[C@H](c1ccccc1F)C1CC1)c1ccc2[nH]nc(-c3ccc(N4[C@@H]5CC[C@H]4C[C@@H](O)C5)cc3)c2c1. The van der Waals surface area contributed by atoms with Crippen molar-refractivity contribution in [3.8, 4) is 11.3 Å². The van der Waals surface area contributed by atoms with Crippen molar-refractivity contribution < 1.29 is 14.3 Å². The fourth-order valence-corrected chi connectivity index (χ4v) is 6.57. The number of aromatic amines is 1. The number of piperidine rings is 1. The van der Waals surface area contributed by atoms with Crippen molar-refractivity contribution >= 4 is 22.5 Å². The number of carbonyl (C=O) groups is 1. The monoisotopic (exact) mass is 510 g/mol. The highest BCUT2D eigenvalue weighted by Crippen LogP contribution is 2.42. The number of hydrogen-bond donors (Lipinski definition) is 3. The van der Waals surface area contributed by atoms with Gasteiger partial charge in [-0.05, 0) is 80.8 Å². The van der Waals surface area contributed by atoms with Crippen molar-refractivity contribution in [2.75, 3.05) is 4.90 Å². The summed E-state index contributed by atoms with van der Waals surface area (Å²) in [5, 5.41) is 21.8. The van der Waals surface area contributed by atoms with E-state index in [4.69, 9.17) is 0 Å². The number of aromatic nitrogens is 2. The number of H-pyrrole nitrogens is 1. The molecule has 7 rings (SSSR count). The van der Waals surface area contributed by atoms with Crippen LogP contribution in [0, 0.1) is 11.7 Å². The summed E-state index contributed by atoms with van der Waals surface area (Å²) in [7, 11) is 0. The lowest BCUT2D eigenvalue weighted by molar-refractivity contribution is 0.0931. The molecule has 1 saturated carbocycles. The molecule has 3 aliphatic rings. The molecule has 1 aromatic heterocycles. The van der Waals surface area contributed by atoms with E-state index < -0.39 is 0 Å². The van der Waals surface area contributed by atoms with Crippen molar-refractivity contribution in [3.63, 3.8) is 0 Å². The Hall–Kier alpha value is -3.71. The zero-order valence-electron chi connectivity index (χ0n) is 21.1. The summed E-state index contributed by atoms with van der Waals surface area (Å²) in [6.45, 7) is 0. The zero-order valence-corrected chi connectivity index (χ0v) is 21.1. The summed E-state index contributed by atoms with van der Waals surface area (Å²) >= 11 is 0. The first-order valence-electron chi connectivity index (χ1n) is 13.7. The van der Waals surface area contributed by atoms with E-state index in [-0.39, 0.29) is 29.8 Å². The van der Waals surface area contributed by atoms with Crippen molar-refractivity contribution in [1.29, 1.82) is 0 Å². The van der Waals surface area contributed by atoms with E-state index in [1.165, 1.54) is 11.8 Å². The van der Waals surface area contributed by atoms with Gasteiger partial charge in [-0.1, -0.05) is 30.3 Å². The first-order valence-corrected chi connectivity index (χ1v) is 13.7. The van der Waals surface area contributed by atoms with E-state index in [9.17, 15) is 14.3 Å². The van der Waals surface area contributed by atoms with Gasteiger partial charge in [-0.3, -0.25) is 9.89 Å². The van der Waals surface area contributed by atoms with Gasteiger partial charge >= 0.3 is 0 Å². The normalized spacial score (nSPS) is 23.5. The summed E-state index contributed by atoms with van der Waals surface area (Å²) in [6.07, 6.45) is 5.74. The second kappa shape index (κ2) is 9.24. The van der Waals surface area contributed by atoms with E-state index in [1.54, 1.807) is 18.2 Å². The Kier molecular flexibility index (Phi) is 5.69. The first kappa shape index (κ1) is 23.4. The largest absolute Gasteiger partial charge is 0.393 e. The van der Waals surface area contributed by atoms with Gasteiger partial charge in [0.25, 0.3) is 5.91 Å². The molecule has 2 bridgehead atoms. The van der Waals surface area contributed by atoms with Crippen molar-refractivity contribution in [3.05, 3.63) is 83.7 Å². The fourth-order valence-electron chi connectivity index (χ4n) is 6.57. The van der Waals surface area contributed by atoms with Crippen LogP contribution < -0.4 is 10.2 Å². The zero-order chi connectivity index (χ0) is 25.8. The number of aliphatic hydroxyl groups is 1. The predicted octanol–water partition coefficient (Wildman–Crippen LogP) is 5.74. The van der Waals surface area contributed by atoms with Crippen LogP contribution in [0.25, 0.3) is 22.2 Å². The molecule has 0 unspecified atom stereocenters. The maximum Gasteiger partial charge on any atom is 0.251 e. The average Bonchev–Trinajstić information content (AvgIpc) is 3.62. The molecule has 3 fully saturated rings. The molecule has 4 atom stereocenters. The topological polar surface area (TPSA) is 81.2 Å². The molecule has 7 heteroatoms. The van der Waals surface area contributed by atoms with E-state index in [2.05, 4.69) is 44.7 Å². The Morgan fingerprint density at radius 1 is 1.00 bits per heavy atom. The Balaban J connectivity index is 1.14. The molecule has 1 aliphatic carbocycles. The smallest absolute Gasteiger partial charge is 0.251 e. The summed E-state index contributed by atoms with van der Waals surface area (Å²) in [5.41, 5.74) is 4.89. The van der Waals surface area contributed by atoms with Crippen LogP contribution in [0.2, 0.25) is 0 Å². The molecule has 194 valence electrons. The third kappa shape index (κ3) is 4.15. The van der Waals surface area contributed by atoms with Gasteiger partial charge in [0, 0.05) is 39.8 Å². The van der Waals surface area contributed by atoms with Gasteiger partial charge in [-0.25, -0.2) is 4.39 Å². The predicted molar refractivity (Wildman–Crippen MR) is 145 cm³/mol. The molecule has 38 heavy (non-hydrogen) atoms. The average molecular weight is 511 g/mol. The van der Waals surface area contributed by atoms with Gasteiger partial charge < -0.3 is 15.3 Å². The van der Waals surface area contributed by atoms with Crippen molar-refractivity contribution in [1.82, 2.24) is 15.5 Å². The van der Waals surface area contributed by atoms with Gasteiger partial charge in [0.2, 0.25) is 0 Å². The third-order valence-corrected chi connectivity index (χ3v) is 8.59. The lowest BCUT2D eigenvalue weighted by Gasteiger charge is -2.39. The highest BCUT2D eigenvalue weighted by atomic mass is 19.1. The molecule has 2 aliphatic heterocycles. The molecule has 1 amide bonds. The molecule has 0 spiro atoms. The summed E-state index contributed by atoms with van der Waals surface area (Å²) < 4.78 is 14.5. The lowest BCUT2D eigenvalue weighted by atomic mass is 9.98. The van der Waals surface area contributed by atoms with Crippen molar-refractivity contribution in [2.45, 2.75) is 62.8 Å². The number of aliphatic hydroxyl groups excluding tert-OH is 1. The quantitative estimate of drug-likeness (QED) is 0.309. The summed E-state index contributed by atoms with van der Waals surface area (Å²) in [5.74, 6) is -0.229. The first-order chi connectivity index (χ1) is 18.5. The second-order valence-electron chi connectivity index (χ2n) is 11.1. The third-order valence-electron chi connectivity index (χ3n) is 8.59. The number of anilines is 1. The fraction of sp³-hybridized carbons (Fsp3) is 0.355.